The molecule has 0 saturated carbocycles. The van der Waals surface area contributed by atoms with Crippen LogP contribution in [0.1, 0.15) is 84.2 Å². The summed E-state index contributed by atoms with van der Waals surface area (Å²) in [6, 6.07) is 39.9. The van der Waals surface area contributed by atoms with E-state index < -0.39 is 0 Å². The quantitative estimate of drug-likeness (QED) is 0.0720. The molecule has 0 aromatic heterocycles. The Morgan fingerprint density at radius 3 is 1.30 bits per heavy atom. The summed E-state index contributed by atoms with van der Waals surface area (Å²) in [5.74, 6) is 1.73. The first-order valence-corrected chi connectivity index (χ1v) is 18.1. The number of carbonyl (C=O) groups is 2. The maximum absolute atomic E-state index is 13.4. The maximum atomic E-state index is 13.4. The SMILES string of the molecule is CCCCCOc1ccc2cc(C(=O)Cc3ccccc3)ccc2c1-c1c(OCCCCC)ccc2cc(C(=O)Cc3ccccc3)ccc12. The van der Waals surface area contributed by atoms with E-state index in [1.807, 2.05) is 97.1 Å². The maximum Gasteiger partial charge on any atom is 0.167 e. The molecule has 0 aliphatic rings. The van der Waals surface area contributed by atoms with Crippen LogP contribution in [0, 0.1) is 0 Å². The molecule has 0 fully saturated rings. The Labute approximate surface area is 296 Å². The van der Waals surface area contributed by atoms with E-state index in [4.69, 9.17) is 9.47 Å². The molecule has 0 bridgehead atoms. The van der Waals surface area contributed by atoms with E-state index in [0.717, 1.165) is 93.8 Å². The van der Waals surface area contributed by atoms with Crippen LogP contribution in [0.2, 0.25) is 0 Å². The third-order valence-electron chi connectivity index (χ3n) is 9.28. The van der Waals surface area contributed by atoms with Gasteiger partial charge in [-0.25, -0.2) is 0 Å². The van der Waals surface area contributed by atoms with E-state index in [0.29, 0.717) is 37.2 Å². The Bertz CT molecular complexity index is 1910. The largest absolute Gasteiger partial charge is 0.493 e. The molecule has 0 aliphatic carbocycles. The number of hydrogen-bond acceptors (Lipinski definition) is 4. The first-order valence-electron chi connectivity index (χ1n) is 18.1. The van der Waals surface area contributed by atoms with Gasteiger partial charge in [0.05, 0.1) is 13.2 Å². The third kappa shape index (κ3) is 8.31. The second kappa shape index (κ2) is 16.9. The van der Waals surface area contributed by atoms with E-state index in [2.05, 4.69) is 38.1 Å². The van der Waals surface area contributed by atoms with Crippen molar-refractivity contribution in [1.29, 1.82) is 0 Å². The van der Waals surface area contributed by atoms with Gasteiger partial charge in [0.2, 0.25) is 0 Å². The van der Waals surface area contributed by atoms with Crippen molar-refractivity contribution in [2.75, 3.05) is 13.2 Å². The van der Waals surface area contributed by atoms with Crippen molar-refractivity contribution >= 4 is 33.1 Å². The van der Waals surface area contributed by atoms with Gasteiger partial charge in [-0.3, -0.25) is 9.59 Å². The van der Waals surface area contributed by atoms with Gasteiger partial charge in [0.1, 0.15) is 11.5 Å². The molecule has 0 unspecified atom stereocenters. The lowest BCUT2D eigenvalue weighted by atomic mass is 9.90. The fraction of sp³-hybridized carbons (Fsp3) is 0.261. The topological polar surface area (TPSA) is 52.6 Å². The zero-order valence-electron chi connectivity index (χ0n) is 29.3. The lowest BCUT2D eigenvalue weighted by Gasteiger charge is -2.20. The number of ketones is 2. The Morgan fingerprint density at radius 1 is 0.480 bits per heavy atom. The Kier molecular flexibility index (Phi) is 11.7. The van der Waals surface area contributed by atoms with Crippen LogP contribution in [-0.2, 0) is 12.8 Å². The molecule has 0 atom stereocenters. The van der Waals surface area contributed by atoms with E-state index in [9.17, 15) is 9.59 Å². The molecule has 0 saturated heterocycles. The molecule has 0 spiro atoms. The standard InChI is InChI=1S/C46H46O4/c1-3-5-13-27-49-43-25-21-35-31-37(41(47)29-33-15-9-7-10-16-33)19-23-39(35)45(43)46-40-24-20-38(42(48)30-34-17-11-8-12-18-34)32-36(40)22-26-44(46)50-28-14-6-4-2/h7-12,15-26,31-32H,3-6,13-14,27-30H2,1-2H3. The molecule has 50 heavy (non-hydrogen) atoms. The van der Waals surface area contributed by atoms with Crippen molar-refractivity contribution < 1.29 is 19.1 Å². The molecule has 6 aromatic rings. The lowest BCUT2D eigenvalue weighted by molar-refractivity contribution is 0.0985. The average Bonchev–Trinajstić information content (AvgIpc) is 3.15. The van der Waals surface area contributed by atoms with Gasteiger partial charge < -0.3 is 9.47 Å². The fourth-order valence-electron chi connectivity index (χ4n) is 6.56. The van der Waals surface area contributed by atoms with Crippen LogP contribution < -0.4 is 9.47 Å². The Balaban J connectivity index is 1.47. The van der Waals surface area contributed by atoms with Gasteiger partial charge in [-0.05, 0) is 69.8 Å². The first kappa shape index (κ1) is 34.6. The summed E-state index contributed by atoms with van der Waals surface area (Å²) in [7, 11) is 0. The highest BCUT2D eigenvalue weighted by Crippen LogP contribution is 2.46. The van der Waals surface area contributed by atoms with E-state index in [1.54, 1.807) is 0 Å². The van der Waals surface area contributed by atoms with E-state index >= 15 is 0 Å². The Morgan fingerprint density at radius 2 is 0.900 bits per heavy atom. The summed E-state index contributed by atoms with van der Waals surface area (Å²) >= 11 is 0. The summed E-state index contributed by atoms with van der Waals surface area (Å²) in [5, 5.41) is 3.90. The predicted octanol–water partition coefficient (Wildman–Crippen LogP) is 11.6. The predicted molar refractivity (Wildman–Crippen MR) is 206 cm³/mol. The van der Waals surface area contributed by atoms with Gasteiger partial charge in [-0.2, -0.15) is 0 Å². The number of unbranched alkanes of at least 4 members (excludes halogenated alkanes) is 4. The molecular formula is C46H46O4. The molecule has 4 heteroatoms. The minimum Gasteiger partial charge on any atom is -0.493 e. The summed E-state index contributed by atoms with van der Waals surface area (Å²) in [6.07, 6.45) is 7.03. The van der Waals surface area contributed by atoms with Gasteiger partial charge >= 0.3 is 0 Å². The van der Waals surface area contributed by atoms with Gasteiger partial charge in [0.15, 0.2) is 11.6 Å². The van der Waals surface area contributed by atoms with Gasteiger partial charge in [0.25, 0.3) is 0 Å². The number of rotatable bonds is 17. The summed E-state index contributed by atoms with van der Waals surface area (Å²) in [6.45, 7) is 5.59. The van der Waals surface area contributed by atoms with Crippen LogP contribution in [0.5, 0.6) is 11.5 Å². The van der Waals surface area contributed by atoms with E-state index in [1.165, 1.54) is 0 Å². The van der Waals surface area contributed by atoms with Crippen LogP contribution in [0.3, 0.4) is 0 Å². The molecule has 0 aliphatic heterocycles. The van der Waals surface area contributed by atoms with Crippen molar-refractivity contribution in [3.8, 4) is 22.6 Å². The second-order valence-electron chi connectivity index (χ2n) is 13.0. The Hall–Kier alpha value is -5.22. The number of carbonyl (C=O) groups excluding carboxylic acids is 2. The zero-order valence-corrected chi connectivity index (χ0v) is 29.3. The van der Waals surface area contributed by atoms with Crippen LogP contribution in [0.25, 0.3) is 32.7 Å². The molecular weight excluding hydrogens is 617 g/mol. The summed E-state index contributed by atoms with van der Waals surface area (Å²) < 4.78 is 13.1. The number of hydrogen-bond donors (Lipinski definition) is 0. The van der Waals surface area contributed by atoms with Crippen LogP contribution in [0.4, 0.5) is 0 Å². The van der Waals surface area contributed by atoms with Crippen molar-refractivity contribution in [1.82, 2.24) is 0 Å². The van der Waals surface area contributed by atoms with Crippen molar-refractivity contribution in [2.24, 2.45) is 0 Å². The second-order valence-corrected chi connectivity index (χ2v) is 13.0. The molecule has 0 radical (unpaired) electrons. The monoisotopic (exact) mass is 662 g/mol. The summed E-state index contributed by atoms with van der Waals surface area (Å²) in [4.78, 5) is 26.8. The van der Waals surface area contributed by atoms with E-state index in [-0.39, 0.29) is 11.6 Å². The highest BCUT2D eigenvalue weighted by molar-refractivity contribution is 6.12. The number of Topliss-reactive ketones (excluding diaryl/α,β-unsaturated/α-hetero) is 2. The summed E-state index contributed by atoms with van der Waals surface area (Å²) in [5.41, 5.74) is 5.24. The normalized spacial score (nSPS) is 11.2. The smallest absolute Gasteiger partial charge is 0.167 e. The molecule has 0 heterocycles. The third-order valence-corrected chi connectivity index (χ3v) is 9.28. The van der Waals surface area contributed by atoms with Crippen LogP contribution in [-0.4, -0.2) is 24.8 Å². The lowest BCUT2D eigenvalue weighted by Crippen LogP contribution is -2.05. The van der Waals surface area contributed by atoms with Gasteiger partial charge in [-0.15, -0.1) is 0 Å². The molecule has 0 amide bonds. The fourth-order valence-corrected chi connectivity index (χ4v) is 6.56. The molecule has 0 N–H and O–H groups in total. The molecule has 254 valence electrons. The zero-order chi connectivity index (χ0) is 34.7. The average molecular weight is 663 g/mol. The highest BCUT2D eigenvalue weighted by Gasteiger charge is 2.21. The van der Waals surface area contributed by atoms with Crippen LogP contribution in [0.15, 0.2) is 121 Å². The number of benzene rings is 6. The van der Waals surface area contributed by atoms with Gasteiger partial charge in [-0.1, -0.05) is 137 Å². The van der Waals surface area contributed by atoms with Crippen LogP contribution >= 0.6 is 0 Å². The minimum absolute atomic E-state index is 0.0809. The van der Waals surface area contributed by atoms with Crippen molar-refractivity contribution in [3.05, 3.63) is 144 Å². The molecule has 6 aromatic carbocycles. The highest BCUT2D eigenvalue weighted by atomic mass is 16.5. The molecule has 4 nitrogen and oxygen atoms in total. The van der Waals surface area contributed by atoms with Crippen molar-refractivity contribution in [2.45, 2.75) is 65.2 Å². The minimum atomic E-state index is 0.0809. The number of ether oxygens (including phenoxy) is 2. The first-order chi connectivity index (χ1) is 24.6. The number of fused-ring (bicyclic) bond motifs is 2. The molecule has 6 rings (SSSR count). The van der Waals surface area contributed by atoms with Crippen molar-refractivity contribution in [3.63, 3.8) is 0 Å². The van der Waals surface area contributed by atoms with Gasteiger partial charge in [0, 0.05) is 35.1 Å².